The topological polar surface area (TPSA) is 115 Å². The van der Waals surface area contributed by atoms with E-state index >= 15 is 0 Å². The Balaban J connectivity index is 2.38. The van der Waals surface area contributed by atoms with Gasteiger partial charge in [0.2, 0.25) is 5.82 Å². The number of benzene rings is 1. The Morgan fingerprint density at radius 2 is 1.93 bits per heavy atom. The van der Waals surface area contributed by atoms with E-state index in [2.05, 4.69) is 9.73 Å². The van der Waals surface area contributed by atoms with Gasteiger partial charge in [0.15, 0.2) is 23.4 Å². The van der Waals surface area contributed by atoms with Crippen LogP contribution in [0.5, 0.6) is 5.75 Å². The summed E-state index contributed by atoms with van der Waals surface area (Å²) in [5.74, 6) is -4.99. The molecule has 2 aromatic rings. The monoisotopic (exact) mass is 399 g/mol. The summed E-state index contributed by atoms with van der Waals surface area (Å²) in [5.41, 5.74) is -3.51. The molecule has 1 heterocycles. The van der Waals surface area contributed by atoms with E-state index < -0.39 is 58.0 Å². The van der Waals surface area contributed by atoms with Crippen molar-refractivity contribution in [3.05, 3.63) is 39.8 Å². The van der Waals surface area contributed by atoms with Crippen molar-refractivity contribution in [2.24, 2.45) is 0 Å². The summed E-state index contributed by atoms with van der Waals surface area (Å²) in [7, 11) is 0. The second kappa shape index (κ2) is 7.83. The zero-order chi connectivity index (χ0) is 21.2. The van der Waals surface area contributed by atoms with E-state index in [1.165, 1.54) is 0 Å². The van der Waals surface area contributed by atoms with Gasteiger partial charge in [0, 0.05) is 11.8 Å². The van der Waals surface area contributed by atoms with Crippen molar-refractivity contribution in [2.75, 3.05) is 0 Å². The molecule has 8 nitrogen and oxygen atoms in total. The average Bonchev–Trinajstić information content (AvgIpc) is 2.56. The molecule has 10 heteroatoms. The van der Waals surface area contributed by atoms with Gasteiger partial charge in [-0.2, -0.15) is 4.39 Å². The number of hydrogen-bond donors (Lipinski definition) is 2. The maximum absolute atomic E-state index is 14.7. The molecule has 0 aliphatic heterocycles. The second-order valence-corrected chi connectivity index (χ2v) is 6.83. The van der Waals surface area contributed by atoms with E-state index in [0.29, 0.717) is 0 Å². The first-order valence-corrected chi connectivity index (χ1v) is 8.28. The summed E-state index contributed by atoms with van der Waals surface area (Å²) in [6.07, 6.45) is -1.85. The van der Waals surface area contributed by atoms with Crippen molar-refractivity contribution in [1.29, 1.82) is 0 Å². The fourth-order valence-corrected chi connectivity index (χ4v) is 2.23. The summed E-state index contributed by atoms with van der Waals surface area (Å²) in [5, 5.41) is 11.0. The molecule has 1 aromatic carbocycles. The molecular formula is C18H19F2NO7. The van der Waals surface area contributed by atoms with Crippen LogP contribution >= 0.6 is 0 Å². The molecular weight excluding hydrogens is 380 g/mol. The molecule has 0 saturated carbocycles. The highest BCUT2D eigenvalue weighted by molar-refractivity contribution is 5.92. The van der Waals surface area contributed by atoms with Gasteiger partial charge in [-0.25, -0.2) is 18.8 Å². The molecule has 0 aliphatic carbocycles. The Kier molecular flexibility index (Phi) is 5.91. The molecule has 1 amide bonds. The predicted octanol–water partition coefficient (Wildman–Crippen LogP) is 3.41. The van der Waals surface area contributed by atoms with Gasteiger partial charge in [0.1, 0.15) is 11.2 Å². The third-order valence-electron chi connectivity index (χ3n) is 3.41. The molecule has 0 bridgehead atoms. The fourth-order valence-electron chi connectivity index (χ4n) is 2.23. The number of hydrogen-bond acceptors (Lipinski definition) is 6. The van der Waals surface area contributed by atoms with E-state index in [4.69, 9.17) is 14.6 Å². The molecule has 1 atom stereocenters. The number of alkyl carbamates (subject to hydrolysis) is 1. The lowest BCUT2D eigenvalue weighted by Gasteiger charge is -2.24. The number of carboxylic acid groups (broad SMARTS) is 1. The van der Waals surface area contributed by atoms with Crippen LogP contribution in [-0.4, -0.2) is 29.0 Å². The number of nitrogens with one attached hydrogen (secondary N) is 1. The van der Waals surface area contributed by atoms with Gasteiger partial charge in [-0.05, 0) is 32.9 Å². The Morgan fingerprint density at radius 3 is 2.46 bits per heavy atom. The van der Waals surface area contributed by atoms with Crippen molar-refractivity contribution >= 4 is 23.0 Å². The first-order valence-electron chi connectivity index (χ1n) is 8.28. The molecule has 1 aromatic heterocycles. The molecule has 0 saturated heterocycles. The smallest absolute Gasteiger partial charge is 0.410 e. The lowest BCUT2D eigenvalue weighted by molar-refractivity contribution is 0.0378. The molecule has 28 heavy (non-hydrogen) atoms. The average molecular weight is 399 g/mol. The standard InChI is InChI=1S/C18H19F2NO7/c1-5-11(21-17(25)28-18(2,3)4)26-14-10(19)7-8-6-9(15(22)23)16(24)27-13(8)12(14)20/h6-7,11H,5H2,1-4H3,(H,21,25)(H,22,23). The summed E-state index contributed by atoms with van der Waals surface area (Å²) < 4.78 is 43.9. The molecule has 2 rings (SSSR count). The van der Waals surface area contributed by atoms with Crippen molar-refractivity contribution in [3.63, 3.8) is 0 Å². The van der Waals surface area contributed by atoms with Crippen LogP contribution in [0.1, 0.15) is 44.5 Å². The van der Waals surface area contributed by atoms with Gasteiger partial charge in [-0.3, -0.25) is 5.32 Å². The number of halogens is 2. The van der Waals surface area contributed by atoms with E-state index in [1.54, 1.807) is 27.7 Å². The maximum Gasteiger partial charge on any atom is 0.410 e. The SMILES string of the molecule is CCC(NC(=O)OC(C)(C)C)Oc1c(F)cc2cc(C(=O)O)c(=O)oc2c1F. The van der Waals surface area contributed by atoms with Crippen molar-refractivity contribution in [3.8, 4) is 5.75 Å². The van der Waals surface area contributed by atoms with Crippen molar-refractivity contribution < 1.29 is 37.4 Å². The molecule has 2 N–H and O–H groups in total. The van der Waals surface area contributed by atoms with Crippen LogP contribution in [0.4, 0.5) is 13.6 Å². The normalized spacial score (nSPS) is 12.5. The number of aromatic carboxylic acids is 1. The van der Waals surface area contributed by atoms with Crippen LogP contribution in [0, 0.1) is 11.6 Å². The summed E-state index contributed by atoms with van der Waals surface area (Å²) in [6.45, 7) is 6.53. The number of carbonyl (C=O) groups is 2. The van der Waals surface area contributed by atoms with E-state index in [0.717, 1.165) is 12.1 Å². The fraction of sp³-hybridized carbons (Fsp3) is 0.389. The highest BCUT2D eigenvalue weighted by atomic mass is 19.1. The van der Waals surface area contributed by atoms with Crippen LogP contribution in [0.25, 0.3) is 11.0 Å². The van der Waals surface area contributed by atoms with Gasteiger partial charge >= 0.3 is 17.7 Å². The number of carbonyl (C=O) groups excluding carboxylic acids is 1. The van der Waals surface area contributed by atoms with Gasteiger partial charge in [0.25, 0.3) is 0 Å². The molecule has 0 radical (unpaired) electrons. The van der Waals surface area contributed by atoms with Gasteiger partial charge < -0.3 is 19.0 Å². The van der Waals surface area contributed by atoms with Gasteiger partial charge in [-0.15, -0.1) is 0 Å². The molecule has 0 fully saturated rings. The van der Waals surface area contributed by atoms with Crippen LogP contribution < -0.4 is 15.7 Å². The zero-order valence-electron chi connectivity index (χ0n) is 15.6. The van der Waals surface area contributed by atoms with Crippen LogP contribution in [0.15, 0.2) is 21.3 Å². The quantitative estimate of drug-likeness (QED) is 0.585. The summed E-state index contributed by atoms with van der Waals surface area (Å²) in [6, 6.07) is 1.57. The Morgan fingerprint density at radius 1 is 1.29 bits per heavy atom. The van der Waals surface area contributed by atoms with Crippen molar-refractivity contribution in [1.82, 2.24) is 5.32 Å². The Bertz CT molecular complexity index is 979. The predicted molar refractivity (Wildman–Crippen MR) is 93.4 cm³/mol. The largest absolute Gasteiger partial charge is 0.477 e. The first-order chi connectivity index (χ1) is 12.9. The number of rotatable bonds is 5. The molecule has 0 spiro atoms. The van der Waals surface area contributed by atoms with E-state index in [1.807, 2.05) is 0 Å². The Labute approximate surface area is 158 Å². The highest BCUT2D eigenvalue weighted by Crippen LogP contribution is 2.30. The minimum Gasteiger partial charge on any atom is -0.477 e. The highest BCUT2D eigenvalue weighted by Gasteiger charge is 2.25. The van der Waals surface area contributed by atoms with Gasteiger partial charge in [0.05, 0.1) is 0 Å². The van der Waals surface area contributed by atoms with Crippen molar-refractivity contribution in [2.45, 2.75) is 45.9 Å². The Hall–Kier alpha value is -3.17. The third-order valence-corrected chi connectivity index (χ3v) is 3.41. The molecule has 1 unspecified atom stereocenters. The summed E-state index contributed by atoms with van der Waals surface area (Å²) in [4.78, 5) is 34.5. The minimum atomic E-state index is -1.59. The van der Waals surface area contributed by atoms with E-state index in [9.17, 15) is 23.2 Å². The second-order valence-electron chi connectivity index (χ2n) is 6.83. The number of carboxylic acids is 1. The van der Waals surface area contributed by atoms with Crippen LogP contribution in [0.3, 0.4) is 0 Å². The minimum absolute atomic E-state index is 0.137. The molecule has 0 aliphatic rings. The number of amides is 1. The van der Waals surface area contributed by atoms with E-state index in [-0.39, 0.29) is 11.8 Å². The molecule has 152 valence electrons. The number of ether oxygens (including phenoxy) is 2. The first kappa shape index (κ1) is 21.1. The van der Waals surface area contributed by atoms with Crippen LogP contribution in [0.2, 0.25) is 0 Å². The van der Waals surface area contributed by atoms with Crippen LogP contribution in [-0.2, 0) is 4.74 Å². The lowest BCUT2D eigenvalue weighted by Crippen LogP contribution is -2.42. The third kappa shape index (κ3) is 4.76. The maximum atomic E-state index is 14.7. The summed E-state index contributed by atoms with van der Waals surface area (Å²) >= 11 is 0. The lowest BCUT2D eigenvalue weighted by atomic mass is 10.1. The number of fused-ring (bicyclic) bond motifs is 1. The zero-order valence-corrected chi connectivity index (χ0v) is 15.6. The van der Waals surface area contributed by atoms with Gasteiger partial charge in [-0.1, -0.05) is 6.92 Å².